The number of methoxy groups -OCH3 is 3. The van der Waals surface area contributed by atoms with Crippen LogP contribution in [0.15, 0.2) is 77.7 Å². The van der Waals surface area contributed by atoms with Crippen molar-refractivity contribution < 1.29 is 27.4 Å². The topological polar surface area (TPSA) is 94.2 Å². The number of nitrogens with zero attached hydrogens (tertiary/aromatic N) is 1. The monoisotopic (exact) mass is 456 g/mol. The number of carbonyl (C=O) groups excluding carboxylic acids is 1. The molecule has 3 aromatic rings. The van der Waals surface area contributed by atoms with E-state index in [1.54, 1.807) is 60.7 Å². The lowest BCUT2D eigenvalue weighted by Crippen LogP contribution is -2.38. The van der Waals surface area contributed by atoms with Crippen LogP contribution in [-0.4, -0.2) is 42.2 Å². The predicted octanol–water partition coefficient (Wildman–Crippen LogP) is 3.55. The van der Waals surface area contributed by atoms with Gasteiger partial charge in [0.15, 0.2) is 11.5 Å². The Morgan fingerprint density at radius 1 is 0.844 bits per heavy atom. The Morgan fingerprint density at radius 2 is 1.56 bits per heavy atom. The lowest BCUT2D eigenvalue weighted by molar-refractivity contribution is -0.114. The maximum absolute atomic E-state index is 13.4. The lowest BCUT2D eigenvalue weighted by atomic mass is 10.2. The number of anilines is 2. The second-order valence-electron chi connectivity index (χ2n) is 6.64. The highest BCUT2D eigenvalue weighted by Gasteiger charge is 2.27. The van der Waals surface area contributed by atoms with Crippen molar-refractivity contribution in [1.82, 2.24) is 0 Å². The van der Waals surface area contributed by atoms with E-state index >= 15 is 0 Å². The Kier molecular flexibility index (Phi) is 7.21. The molecule has 1 amide bonds. The molecule has 3 aromatic carbocycles. The van der Waals surface area contributed by atoms with Gasteiger partial charge in [-0.05, 0) is 36.4 Å². The number of carbonyl (C=O) groups is 1. The minimum atomic E-state index is -4.02. The van der Waals surface area contributed by atoms with Gasteiger partial charge in [0.25, 0.3) is 10.0 Å². The molecule has 1 N–H and O–H groups in total. The Bertz CT molecular complexity index is 1180. The Morgan fingerprint density at radius 3 is 2.22 bits per heavy atom. The maximum atomic E-state index is 13.4. The molecule has 0 saturated heterocycles. The van der Waals surface area contributed by atoms with Crippen LogP contribution in [0.3, 0.4) is 0 Å². The Labute approximate surface area is 187 Å². The second kappa shape index (κ2) is 10.1. The summed E-state index contributed by atoms with van der Waals surface area (Å²) in [6.07, 6.45) is 0. The molecule has 0 atom stereocenters. The average Bonchev–Trinajstić information content (AvgIpc) is 2.82. The zero-order chi connectivity index (χ0) is 23.1. The molecule has 168 valence electrons. The highest BCUT2D eigenvalue weighted by molar-refractivity contribution is 7.92. The van der Waals surface area contributed by atoms with Gasteiger partial charge in [0.2, 0.25) is 5.91 Å². The van der Waals surface area contributed by atoms with Gasteiger partial charge >= 0.3 is 0 Å². The quantitative estimate of drug-likeness (QED) is 0.529. The SMILES string of the molecule is COc1cccc(N(CC(=O)Nc2ccc(OC)c(OC)c2)S(=O)(=O)c2ccccc2)c1. The first-order valence-corrected chi connectivity index (χ1v) is 11.1. The van der Waals surface area contributed by atoms with Crippen LogP contribution >= 0.6 is 0 Å². The molecule has 0 aliphatic heterocycles. The predicted molar refractivity (Wildman–Crippen MR) is 122 cm³/mol. The zero-order valence-corrected chi connectivity index (χ0v) is 18.8. The van der Waals surface area contributed by atoms with E-state index < -0.39 is 22.5 Å². The van der Waals surface area contributed by atoms with Crippen molar-refractivity contribution in [2.45, 2.75) is 4.90 Å². The first-order valence-electron chi connectivity index (χ1n) is 9.62. The molecule has 0 radical (unpaired) electrons. The van der Waals surface area contributed by atoms with Gasteiger partial charge in [0.1, 0.15) is 12.3 Å². The van der Waals surface area contributed by atoms with E-state index in [0.717, 1.165) is 4.31 Å². The number of nitrogens with one attached hydrogen (secondary N) is 1. The van der Waals surface area contributed by atoms with Gasteiger partial charge in [0.05, 0.1) is 31.9 Å². The van der Waals surface area contributed by atoms with E-state index in [-0.39, 0.29) is 4.90 Å². The average molecular weight is 457 g/mol. The Balaban J connectivity index is 1.93. The van der Waals surface area contributed by atoms with Gasteiger partial charge in [-0.3, -0.25) is 9.10 Å². The molecule has 9 heteroatoms. The van der Waals surface area contributed by atoms with Crippen LogP contribution in [0.4, 0.5) is 11.4 Å². The minimum absolute atomic E-state index is 0.0711. The van der Waals surface area contributed by atoms with Crippen molar-refractivity contribution >= 4 is 27.3 Å². The summed E-state index contributed by atoms with van der Waals surface area (Å²) >= 11 is 0. The van der Waals surface area contributed by atoms with Crippen LogP contribution in [0, 0.1) is 0 Å². The van der Waals surface area contributed by atoms with Gasteiger partial charge in [-0.25, -0.2) is 8.42 Å². The van der Waals surface area contributed by atoms with Gasteiger partial charge < -0.3 is 19.5 Å². The molecule has 3 rings (SSSR count). The summed E-state index contributed by atoms with van der Waals surface area (Å²) in [6, 6.07) is 19.3. The van der Waals surface area contributed by atoms with E-state index in [4.69, 9.17) is 14.2 Å². The molecule has 0 aromatic heterocycles. The van der Waals surface area contributed by atoms with Gasteiger partial charge in [0, 0.05) is 17.8 Å². The van der Waals surface area contributed by atoms with E-state index in [9.17, 15) is 13.2 Å². The highest BCUT2D eigenvalue weighted by Crippen LogP contribution is 2.30. The van der Waals surface area contributed by atoms with Crippen LogP contribution in [0.5, 0.6) is 17.2 Å². The summed E-state index contributed by atoms with van der Waals surface area (Å²) in [7, 11) is 0.464. The van der Waals surface area contributed by atoms with Crippen LogP contribution in [0.2, 0.25) is 0 Å². The smallest absolute Gasteiger partial charge is 0.264 e. The molecule has 0 bridgehead atoms. The molecule has 0 aliphatic rings. The van der Waals surface area contributed by atoms with Crippen LogP contribution in [-0.2, 0) is 14.8 Å². The summed E-state index contributed by atoms with van der Waals surface area (Å²) < 4.78 is 43.5. The number of rotatable bonds is 9. The summed E-state index contributed by atoms with van der Waals surface area (Å²) in [5.41, 5.74) is 0.742. The second-order valence-corrected chi connectivity index (χ2v) is 8.51. The third kappa shape index (κ3) is 5.12. The molecule has 32 heavy (non-hydrogen) atoms. The van der Waals surface area contributed by atoms with Crippen molar-refractivity contribution in [3.8, 4) is 17.2 Å². The highest BCUT2D eigenvalue weighted by atomic mass is 32.2. The maximum Gasteiger partial charge on any atom is 0.264 e. The van der Waals surface area contributed by atoms with Crippen LogP contribution < -0.4 is 23.8 Å². The number of ether oxygens (including phenoxy) is 3. The normalized spacial score (nSPS) is 10.8. The van der Waals surface area contributed by atoms with E-state index in [1.807, 2.05) is 0 Å². The molecule has 0 aliphatic carbocycles. The fourth-order valence-electron chi connectivity index (χ4n) is 3.05. The fourth-order valence-corrected chi connectivity index (χ4v) is 4.48. The lowest BCUT2D eigenvalue weighted by Gasteiger charge is -2.24. The van der Waals surface area contributed by atoms with E-state index in [1.165, 1.54) is 33.5 Å². The number of sulfonamides is 1. The summed E-state index contributed by atoms with van der Waals surface area (Å²) in [5, 5.41) is 2.71. The number of amides is 1. The standard InChI is InChI=1S/C23H24N2O6S/c1-29-19-9-7-8-18(15-19)25(32(27,28)20-10-5-4-6-11-20)16-23(26)24-17-12-13-21(30-2)22(14-17)31-3/h4-15H,16H2,1-3H3,(H,24,26). The molecular formula is C23H24N2O6S. The molecule has 8 nitrogen and oxygen atoms in total. The third-order valence-electron chi connectivity index (χ3n) is 4.63. The number of hydrogen-bond donors (Lipinski definition) is 1. The first-order chi connectivity index (χ1) is 15.4. The van der Waals surface area contributed by atoms with Crippen molar-refractivity contribution in [3.63, 3.8) is 0 Å². The summed E-state index contributed by atoms with van der Waals surface area (Å²) in [5.74, 6) is 0.887. The molecule has 0 fully saturated rings. The molecule has 0 heterocycles. The molecule has 0 unspecified atom stereocenters. The van der Waals surface area contributed by atoms with Crippen molar-refractivity contribution in [3.05, 3.63) is 72.8 Å². The minimum Gasteiger partial charge on any atom is -0.497 e. The van der Waals surface area contributed by atoms with Crippen LogP contribution in [0.1, 0.15) is 0 Å². The summed E-state index contributed by atoms with van der Waals surface area (Å²) in [6.45, 7) is -0.446. The molecule has 0 saturated carbocycles. The van der Waals surface area contributed by atoms with Crippen molar-refractivity contribution in [2.24, 2.45) is 0 Å². The fraction of sp³-hybridized carbons (Fsp3) is 0.174. The van der Waals surface area contributed by atoms with Gasteiger partial charge in [-0.15, -0.1) is 0 Å². The summed E-state index contributed by atoms with van der Waals surface area (Å²) in [4.78, 5) is 12.9. The largest absolute Gasteiger partial charge is 0.497 e. The van der Waals surface area contributed by atoms with Gasteiger partial charge in [-0.1, -0.05) is 24.3 Å². The van der Waals surface area contributed by atoms with E-state index in [2.05, 4.69) is 5.32 Å². The number of benzene rings is 3. The first kappa shape index (κ1) is 23.0. The number of hydrogen-bond acceptors (Lipinski definition) is 6. The zero-order valence-electron chi connectivity index (χ0n) is 17.9. The van der Waals surface area contributed by atoms with Crippen molar-refractivity contribution in [2.75, 3.05) is 37.5 Å². The Hall–Kier alpha value is -3.72. The van der Waals surface area contributed by atoms with Crippen molar-refractivity contribution in [1.29, 1.82) is 0 Å². The van der Waals surface area contributed by atoms with Gasteiger partial charge in [-0.2, -0.15) is 0 Å². The van der Waals surface area contributed by atoms with Crippen LogP contribution in [0.25, 0.3) is 0 Å². The molecular weight excluding hydrogens is 432 g/mol. The third-order valence-corrected chi connectivity index (χ3v) is 6.42. The van der Waals surface area contributed by atoms with E-state index in [0.29, 0.717) is 28.6 Å². The molecule has 0 spiro atoms.